The lowest BCUT2D eigenvalue weighted by Gasteiger charge is -2.06. The molecule has 0 saturated heterocycles. The average Bonchev–Trinajstić information content (AvgIpc) is 2.69. The Morgan fingerprint density at radius 1 is 0.679 bits per heavy atom. The molecule has 0 amide bonds. The molecule has 1 nitrogen and oxygen atoms in total. The van der Waals surface area contributed by atoms with Crippen LogP contribution >= 0.6 is 0 Å². The van der Waals surface area contributed by atoms with Crippen LogP contribution in [0.2, 0.25) is 0 Å². The highest BCUT2D eigenvalue weighted by molar-refractivity contribution is 5.63. The van der Waals surface area contributed by atoms with Crippen molar-refractivity contribution in [3.63, 3.8) is 0 Å². The number of aliphatic hydroxyl groups is 1. The van der Waals surface area contributed by atoms with Crippen molar-refractivity contribution in [2.75, 3.05) is 6.61 Å². The van der Waals surface area contributed by atoms with E-state index in [1.54, 1.807) is 0 Å². The Hall–Kier alpha value is -2.38. The van der Waals surface area contributed by atoms with Crippen LogP contribution in [-0.4, -0.2) is 11.7 Å². The van der Waals surface area contributed by atoms with Gasteiger partial charge in [-0.1, -0.05) is 89.5 Å². The second-order valence-electron chi connectivity index (χ2n) is 7.65. The van der Waals surface area contributed by atoms with E-state index < -0.39 is 0 Å². The van der Waals surface area contributed by atoms with Gasteiger partial charge in [0.1, 0.15) is 0 Å². The topological polar surface area (TPSA) is 20.2 Å². The molecule has 0 aliphatic carbocycles. The first kappa shape index (κ1) is 21.9. The fourth-order valence-electron chi connectivity index (χ4n) is 3.29. The predicted molar refractivity (Wildman–Crippen MR) is 122 cm³/mol. The van der Waals surface area contributed by atoms with Crippen molar-refractivity contribution in [3.8, 4) is 11.1 Å². The lowest BCUT2D eigenvalue weighted by Crippen LogP contribution is -1.88. The van der Waals surface area contributed by atoms with Crippen LogP contribution in [0.25, 0.3) is 11.1 Å². The molecule has 0 spiro atoms. The Labute approximate surface area is 171 Å². The molecule has 2 rings (SSSR count). The summed E-state index contributed by atoms with van der Waals surface area (Å²) in [4.78, 5) is 0. The third-order valence-corrected chi connectivity index (χ3v) is 5.05. The van der Waals surface area contributed by atoms with E-state index in [4.69, 9.17) is 5.11 Å². The Balaban J connectivity index is 1.78. The molecule has 0 radical (unpaired) electrons. The quantitative estimate of drug-likeness (QED) is 0.433. The summed E-state index contributed by atoms with van der Waals surface area (Å²) in [6, 6.07) is 19.5. The van der Waals surface area contributed by atoms with Gasteiger partial charge < -0.3 is 5.11 Å². The highest BCUT2D eigenvalue weighted by Crippen LogP contribution is 2.20. The minimum atomic E-state index is 0.146. The van der Waals surface area contributed by atoms with Gasteiger partial charge in [-0.15, -0.1) is 0 Å². The third kappa shape index (κ3) is 8.10. The molecular weight excluding hydrogens is 340 g/mol. The number of allylic oxidation sites excluding steroid dienone is 5. The molecule has 0 atom stereocenters. The summed E-state index contributed by atoms with van der Waals surface area (Å²) in [6.45, 7) is 6.68. The largest absolute Gasteiger partial charge is 0.392 e. The first-order valence-electron chi connectivity index (χ1n) is 10.3. The van der Waals surface area contributed by atoms with Crippen molar-refractivity contribution < 1.29 is 5.11 Å². The fourth-order valence-corrected chi connectivity index (χ4v) is 3.29. The summed E-state index contributed by atoms with van der Waals surface area (Å²) in [5, 5.41) is 8.89. The van der Waals surface area contributed by atoms with Gasteiger partial charge in [0.05, 0.1) is 6.61 Å². The van der Waals surface area contributed by atoms with Gasteiger partial charge in [-0.3, -0.25) is 0 Å². The number of hydrogen-bond donors (Lipinski definition) is 1. The standard InChI is InChI=1S/C27H34O/c1-22(9-7-11-23(2)19-20-28)10-8-12-24(3)21-25-15-17-27(18-16-25)26-13-5-4-6-14-26/h4-6,9,12-19,28H,7-8,10-11,20-21H2,1-3H3/b22-9+,23-19+,24-12+. The summed E-state index contributed by atoms with van der Waals surface area (Å²) in [6.07, 6.45) is 11.9. The summed E-state index contributed by atoms with van der Waals surface area (Å²) in [5.74, 6) is 0. The smallest absolute Gasteiger partial charge is 0.0614 e. The van der Waals surface area contributed by atoms with E-state index in [0.717, 1.165) is 32.1 Å². The zero-order valence-corrected chi connectivity index (χ0v) is 17.6. The van der Waals surface area contributed by atoms with E-state index in [1.165, 1.54) is 33.4 Å². The fraction of sp³-hybridized carbons (Fsp3) is 0.333. The van der Waals surface area contributed by atoms with E-state index in [-0.39, 0.29) is 6.61 Å². The maximum Gasteiger partial charge on any atom is 0.0614 e. The second kappa shape index (κ2) is 12.2. The van der Waals surface area contributed by atoms with Gasteiger partial charge in [0.25, 0.3) is 0 Å². The van der Waals surface area contributed by atoms with Gasteiger partial charge in [-0.2, -0.15) is 0 Å². The molecule has 1 heteroatoms. The molecular formula is C27H34O. The van der Waals surface area contributed by atoms with Crippen molar-refractivity contribution in [2.24, 2.45) is 0 Å². The van der Waals surface area contributed by atoms with Crippen LogP contribution in [-0.2, 0) is 6.42 Å². The Morgan fingerprint density at radius 3 is 1.82 bits per heavy atom. The molecule has 0 aromatic heterocycles. The first-order chi connectivity index (χ1) is 13.6. The van der Waals surface area contributed by atoms with E-state index >= 15 is 0 Å². The monoisotopic (exact) mass is 374 g/mol. The second-order valence-corrected chi connectivity index (χ2v) is 7.65. The molecule has 0 heterocycles. The summed E-state index contributed by atoms with van der Waals surface area (Å²) in [5.41, 5.74) is 8.06. The van der Waals surface area contributed by atoms with Crippen molar-refractivity contribution in [1.29, 1.82) is 0 Å². The van der Waals surface area contributed by atoms with Crippen LogP contribution in [0.4, 0.5) is 0 Å². The molecule has 0 aliphatic rings. The molecule has 0 saturated carbocycles. The van der Waals surface area contributed by atoms with E-state index in [1.807, 2.05) is 6.08 Å². The molecule has 2 aromatic rings. The number of benzene rings is 2. The SMILES string of the molecule is C/C(=C\CO)CC/C=C(\C)CC/C=C(\C)Cc1ccc(-c2ccccc2)cc1. The number of rotatable bonds is 10. The molecule has 28 heavy (non-hydrogen) atoms. The van der Waals surface area contributed by atoms with Crippen molar-refractivity contribution in [3.05, 3.63) is 95.1 Å². The number of hydrogen-bond acceptors (Lipinski definition) is 1. The van der Waals surface area contributed by atoms with Crippen molar-refractivity contribution in [1.82, 2.24) is 0 Å². The van der Waals surface area contributed by atoms with E-state index in [2.05, 4.69) is 87.5 Å². The summed E-state index contributed by atoms with van der Waals surface area (Å²) < 4.78 is 0. The number of aliphatic hydroxyl groups excluding tert-OH is 1. The van der Waals surface area contributed by atoms with E-state index in [9.17, 15) is 0 Å². The Morgan fingerprint density at radius 2 is 1.21 bits per heavy atom. The predicted octanol–water partition coefficient (Wildman–Crippen LogP) is 7.29. The molecule has 1 N–H and O–H groups in total. The zero-order valence-electron chi connectivity index (χ0n) is 17.6. The molecule has 0 aliphatic heterocycles. The van der Waals surface area contributed by atoms with Crippen molar-refractivity contribution >= 4 is 0 Å². The van der Waals surface area contributed by atoms with Gasteiger partial charge >= 0.3 is 0 Å². The zero-order chi connectivity index (χ0) is 20.2. The highest BCUT2D eigenvalue weighted by atomic mass is 16.2. The van der Waals surface area contributed by atoms with Crippen LogP contribution < -0.4 is 0 Å². The van der Waals surface area contributed by atoms with Crippen molar-refractivity contribution in [2.45, 2.75) is 52.9 Å². The molecule has 0 bridgehead atoms. The van der Waals surface area contributed by atoms with Gasteiger partial charge in [0.15, 0.2) is 0 Å². The van der Waals surface area contributed by atoms with Gasteiger partial charge in [-0.25, -0.2) is 0 Å². The molecule has 2 aromatic carbocycles. The van der Waals surface area contributed by atoms with E-state index in [0.29, 0.717) is 0 Å². The Kier molecular flexibility index (Phi) is 9.51. The average molecular weight is 375 g/mol. The Bertz CT molecular complexity index is 792. The maximum absolute atomic E-state index is 8.89. The van der Waals surface area contributed by atoms with Gasteiger partial charge in [0.2, 0.25) is 0 Å². The highest BCUT2D eigenvalue weighted by Gasteiger charge is 1.99. The molecule has 0 unspecified atom stereocenters. The minimum absolute atomic E-state index is 0.146. The lowest BCUT2D eigenvalue weighted by atomic mass is 10.00. The minimum Gasteiger partial charge on any atom is -0.392 e. The summed E-state index contributed by atoms with van der Waals surface area (Å²) >= 11 is 0. The third-order valence-electron chi connectivity index (χ3n) is 5.05. The van der Waals surface area contributed by atoms with Crippen LogP contribution in [0, 0.1) is 0 Å². The lowest BCUT2D eigenvalue weighted by molar-refractivity contribution is 0.341. The normalized spacial score (nSPS) is 13.1. The first-order valence-corrected chi connectivity index (χ1v) is 10.3. The van der Waals surface area contributed by atoms with Gasteiger partial charge in [-0.05, 0) is 69.6 Å². The van der Waals surface area contributed by atoms with Crippen LogP contribution in [0.5, 0.6) is 0 Å². The van der Waals surface area contributed by atoms with Gasteiger partial charge in [0, 0.05) is 0 Å². The van der Waals surface area contributed by atoms with Crippen LogP contribution in [0.1, 0.15) is 52.0 Å². The molecule has 0 fully saturated rings. The summed E-state index contributed by atoms with van der Waals surface area (Å²) in [7, 11) is 0. The maximum atomic E-state index is 8.89. The molecule has 148 valence electrons. The van der Waals surface area contributed by atoms with Crippen LogP contribution in [0.15, 0.2) is 89.5 Å². The van der Waals surface area contributed by atoms with Crippen LogP contribution in [0.3, 0.4) is 0 Å².